The van der Waals surface area contributed by atoms with Crippen molar-refractivity contribution in [2.24, 2.45) is 0 Å². The van der Waals surface area contributed by atoms with Gasteiger partial charge in [0.15, 0.2) is 4.34 Å². The van der Waals surface area contributed by atoms with Crippen LogP contribution in [0.2, 0.25) is 10.0 Å². The van der Waals surface area contributed by atoms with Gasteiger partial charge in [0.25, 0.3) is 4.84 Å². The predicted octanol–water partition coefficient (Wildman–Crippen LogP) is 6.95. The Hall–Kier alpha value is -1.91. The number of benzene rings is 2. The minimum absolute atomic E-state index is 0.308. The van der Waals surface area contributed by atoms with Crippen LogP contribution in [0.5, 0.6) is 0 Å². The van der Waals surface area contributed by atoms with Crippen molar-refractivity contribution in [3.63, 3.8) is 0 Å². The third-order valence-electron chi connectivity index (χ3n) is 4.27. The van der Waals surface area contributed by atoms with Gasteiger partial charge in [0.1, 0.15) is 5.01 Å². The number of aromatic nitrogens is 4. The molecule has 0 atom stereocenters. The van der Waals surface area contributed by atoms with E-state index >= 15 is 0 Å². The molecule has 2 aromatic carbocycles. The van der Waals surface area contributed by atoms with Crippen LogP contribution in [0.1, 0.15) is 22.9 Å². The molecule has 0 aliphatic rings. The predicted molar refractivity (Wildman–Crippen MR) is 130 cm³/mol. The molecule has 11 heteroatoms. The quantitative estimate of drug-likeness (QED) is 0.143. The molecule has 0 amide bonds. The van der Waals surface area contributed by atoms with Crippen LogP contribution in [0.15, 0.2) is 51.2 Å². The van der Waals surface area contributed by atoms with Crippen molar-refractivity contribution >= 4 is 69.9 Å². The minimum Gasteiger partial charge on any atom is -0.414 e. The second kappa shape index (κ2) is 10.6. The normalized spacial score (nSPS) is 11.0. The zero-order chi connectivity index (χ0) is 21.6. The van der Waals surface area contributed by atoms with E-state index in [1.165, 1.54) is 0 Å². The molecule has 4 rings (SSSR count). The lowest BCUT2D eigenvalue weighted by atomic mass is 10.1. The van der Waals surface area contributed by atoms with Crippen molar-refractivity contribution < 1.29 is 4.42 Å². The molecule has 0 radical (unpaired) electrons. The Morgan fingerprint density at radius 1 is 1.10 bits per heavy atom. The van der Waals surface area contributed by atoms with Crippen LogP contribution in [0.25, 0.3) is 0 Å². The Morgan fingerprint density at radius 3 is 2.68 bits per heavy atom. The molecule has 0 unspecified atom stereocenters. The van der Waals surface area contributed by atoms with Crippen molar-refractivity contribution in [3.05, 3.63) is 73.8 Å². The van der Waals surface area contributed by atoms with Gasteiger partial charge in [-0.15, -0.1) is 15.3 Å². The maximum atomic E-state index is 6.31. The number of halogens is 2. The molecule has 31 heavy (non-hydrogen) atoms. The molecule has 2 heterocycles. The van der Waals surface area contributed by atoms with Crippen LogP contribution in [0, 0.1) is 4.84 Å². The van der Waals surface area contributed by atoms with Crippen molar-refractivity contribution in [2.45, 2.75) is 23.6 Å². The third kappa shape index (κ3) is 6.08. The summed E-state index contributed by atoms with van der Waals surface area (Å²) in [6.07, 6.45) is 2.31. The number of H-pyrrole nitrogens is 1. The highest BCUT2D eigenvalue weighted by Crippen LogP contribution is 2.34. The number of hydrogen-bond acceptors (Lipinski definition) is 8. The maximum absolute atomic E-state index is 6.31. The van der Waals surface area contributed by atoms with E-state index in [4.69, 9.17) is 39.8 Å². The van der Waals surface area contributed by atoms with Gasteiger partial charge in [-0.25, -0.2) is 5.10 Å². The van der Waals surface area contributed by atoms with Gasteiger partial charge >= 0.3 is 0 Å². The first-order valence-electron chi connectivity index (χ1n) is 9.37. The molecule has 6 nitrogen and oxygen atoms in total. The number of hydrogen-bond donors (Lipinski definition) is 2. The van der Waals surface area contributed by atoms with Crippen LogP contribution in [0.3, 0.4) is 0 Å². The van der Waals surface area contributed by atoms with E-state index < -0.39 is 0 Å². The number of anilines is 2. The highest BCUT2D eigenvalue weighted by atomic mass is 35.5. The van der Waals surface area contributed by atoms with Gasteiger partial charge < -0.3 is 9.73 Å². The van der Waals surface area contributed by atoms with Crippen molar-refractivity contribution in [1.29, 1.82) is 0 Å². The Morgan fingerprint density at radius 2 is 1.90 bits per heavy atom. The van der Waals surface area contributed by atoms with Gasteiger partial charge in [-0.1, -0.05) is 70.6 Å². The van der Waals surface area contributed by atoms with Crippen molar-refractivity contribution in [1.82, 2.24) is 20.4 Å². The standard InChI is InChI=1S/C20H17Cl2N5OS3/c21-13-6-3-7-14(22)18(13)23-15-8-2-1-5-12(15)11-17-25-27-20(31-17)30-10-4-9-16-24-26-19(29)28-16/h1-3,5-8,23H,4,9-11H2,(H,26,29). The minimum atomic E-state index is 0.308. The number of thioether (sulfide) groups is 1. The maximum Gasteiger partial charge on any atom is 0.284 e. The zero-order valence-corrected chi connectivity index (χ0v) is 20.1. The molecule has 0 saturated carbocycles. The van der Waals surface area contributed by atoms with Crippen LogP contribution in [0.4, 0.5) is 11.4 Å². The summed E-state index contributed by atoms with van der Waals surface area (Å²) >= 11 is 20.8. The van der Waals surface area contributed by atoms with Crippen LogP contribution >= 0.6 is 58.5 Å². The van der Waals surface area contributed by atoms with E-state index in [0.717, 1.165) is 39.2 Å². The Labute approximate surface area is 202 Å². The summed E-state index contributed by atoms with van der Waals surface area (Å²) < 4.78 is 6.21. The smallest absolute Gasteiger partial charge is 0.284 e. The third-order valence-corrected chi connectivity index (χ3v) is 7.22. The second-order valence-corrected chi connectivity index (χ2v) is 10.1. The van der Waals surface area contributed by atoms with Crippen LogP contribution < -0.4 is 5.32 Å². The molecule has 0 spiro atoms. The molecular weight excluding hydrogens is 493 g/mol. The average Bonchev–Trinajstić information content (AvgIpc) is 3.38. The van der Waals surface area contributed by atoms with E-state index in [1.807, 2.05) is 36.4 Å². The van der Waals surface area contributed by atoms with E-state index in [9.17, 15) is 0 Å². The lowest BCUT2D eigenvalue weighted by Crippen LogP contribution is -1.98. The topological polar surface area (TPSA) is 79.6 Å². The first-order valence-corrected chi connectivity index (χ1v) is 12.3. The zero-order valence-electron chi connectivity index (χ0n) is 16.1. The number of rotatable bonds is 9. The largest absolute Gasteiger partial charge is 0.414 e. The van der Waals surface area contributed by atoms with Crippen molar-refractivity contribution in [3.8, 4) is 0 Å². The fourth-order valence-electron chi connectivity index (χ4n) is 2.83. The molecule has 2 N–H and O–H groups in total. The summed E-state index contributed by atoms with van der Waals surface area (Å²) in [6, 6.07) is 13.5. The lowest BCUT2D eigenvalue weighted by Gasteiger charge is -2.13. The first-order chi connectivity index (χ1) is 15.1. The summed E-state index contributed by atoms with van der Waals surface area (Å²) in [5.74, 6) is 1.53. The van der Waals surface area contributed by atoms with Gasteiger partial charge in [0.2, 0.25) is 5.89 Å². The summed E-state index contributed by atoms with van der Waals surface area (Å²) in [4.78, 5) is 0.308. The summed E-state index contributed by atoms with van der Waals surface area (Å²) in [7, 11) is 0. The fraction of sp³-hybridized carbons (Fsp3) is 0.200. The molecular formula is C20H17Cl2N5OS3. The van der Waals surface area contributed by atoms with Crippen LogP contribution in [-0.2, 0) is 12.8 Å². The molecule has 0 aliphatic carbocycles. The highest BCUT2D eigenvalue weighted by Gasteiger charge is 2.12. The van der Waals surface area contributed by atoms with Gasteiger partial charge in [0, 0.05) is 24.3 Å². The van der Waals surface area contributed by atoms with Crippen molar-refractivity contribution in [2.75, 3.05) is 11.1 Å². The number of nitrogens with zero attached hydrogens (tertiary/aromatic N) is 3. The molecule has 0 bridgehead atoms. The number of aryl methyl sites for hydroxylation is 1. The molecule has 0 aliphatic heterocycles. The molecule has 160 valence electrons. The lowest BCUT2D eigenvalue weighted by molar-refractivity contribution is 0.478. The summed E-state index contributed by atoms with van der Waals surface area (Å²) in [6.45, 7) is 0. The summed E-state index contributed by atoms with van der Waals surface area (Å²) in [5, 5.41) is 20.7. The van der Waals surface area contributed by atoms with Gasteiger partial charge in [0.05, 0.1) is 15.7 Å². The number of nitrogens with one attached hydrogen (secondary N) is 2. The van der Waals surface area contributed by atoms with Gasteiger partial charge in [-0.05, 0) is 42.4 Å². The van der Waals surface area contributed by atoms with Gasteiger partial charge in [-0.3, -0.25) is 0 Å². The Balaban J connectivity index is 1.37. The molecule has 0 saturated heterocycles. The fourth-order valence-corrected chi connectivity index (χ4v) is 5.39. The highest BCUT2D eigenvalue weighted by molar-refractivity contribution is 8.01. The SMILES string of the molecule is S=c1[nH]nc(CCCSc2nnc(Cc3ccccc3Nc3c(Cl)cccc3Cl)s2)o1. The van der Waals surface area contributed by atoms with E-state index in [2.05, 4.69) is 31.8 Å². The average molecular weight is 510 g/mol. The Kier molecular flexibility index (Phi) is 7.62. The number of para-hydroxylation sites is 2. The summed E-state index contributed by atoms with van der Waals surface area (Å²) in [5.41, 5.74) is 2.72. The van der Waals surface area contributed by atoms with E-state index in [1.54, 1.807) is 23.1 Å². The van der Waals surface area contributed by atoms with E-state index in [-0.39, 0.29) is 0 Å². The van der Waals surface area contributed by atoms with Crippen LogP contribution in [-0.4, -0.2) is 26.1 Å². The molecule has 2 aromatic heterocycles. The molecule has 4 aromatic rings. The first kappa shape index (κ1) is 22.3. The Bertz CT molecular complexity index is 1200. The van der Waals surface area contributed by atoms with E-state index in [0.29, 0.717) is 32.9 Å². The molecule has 0 fully saturated rings. The number of aromatic amines is 1. The monoisotopic (exact) mass is 509 g/mol. The van der Waals surface area contributed by atoms with Gasteiger partial charge in [-0.2, -0.15) is 0 Å². The second-order valence-electron chi connectivity index (χ2n) is 6.48.